The largest absolute Gasteiger partial charge is 0.376 e. The second-order valence-corrected chi connectivity index (χ2v) is 9.40. The SMILES string of the molecule is Cc1cccc(N(C(=O)CNC(=O)c2cccs2)[C@H](C(=O)NC[C@@H]2CCCO2)c2ccccc2)c1. The van der Waals surface area contributed by atoms with E-state index in [1.54, 1.807) is 23.6 Å². The number of rotatable bonds is 9. The minimum Gasteiger partial charge on any atom is -0.376 e. The first-order valence-electron chi connectivity index (χ1n) is 11.7. The number of carbonyl (C=O) groups excluding carboxylic acids is 3. The van der Waals surface area contributed by atoms with E-state index in [1.165, 1.54) is 16.2 Å². The molecule has 8 heteroatoms. The van der Waals surface area contributed by atoms with Crippen molar-refractivity contribution in [1.29, 1.82) is 0 Å². The Kier molecular flexibility index (Phi) is 8.28. The molecule has 4 rings (SSSR count). The van der Waals surface area contributed by atoms with E-state index < -0.39 is 6.04 Å². The molecule has 0 bridgehead atoms. The number of nitrogens with zero attached hydrogens (tertiary/aromatic N) is 1. The first-order valence-corrected chi connectivity index (χ1v) is 12.6. The summed E-state index contributed by atoms with van der Waals surface area (Å²) in [6, 6.07) is 19.2. The van der Waals surface area contributed by atoms with Gasteiger partial charge < -0.3 is 15.4 Å². The van der Waals surface area contributed by atoms with Crippen LogP contribution in [-0.4, -0.2) is 43.5 Å². The fourth-order valence-electron chi connectivity index (χ4n) is 4.12. The fourth-order valence-corrected chi connectivity index (χ4v) is 4.76. The van der Waals surface area contributed by atoms with Crippen molar-refractivity contribution in [3.8, 4) is 0 Å². The smallest absolute Gasteiger partial charge is 0.261 e. The van der Waals surface area contributed by atoms with Crippen LogP contribution < -0.4 is 15.5 Å². The molecule has 0 spiro atoms. The molecular formula is C27H29N3O4S. The molecule has 0 unspecified atom stereocenters. The van der Waals surface area contributed by atoms with Crippen molar-refractivity contribution in [3.05, 3.63) is 88.1 Å². The van der Waals surface area contributed by atoms with E-state index >= 15 is 0 Å². The van der Waals surface area contributed by atoms with Gasteiger partial charge in [-0.3, -0.25) is 19.3 Å². The van der Waals surface area contributed by atoms with Crippen LogP contribution in [0, 0.1) is 6.92 Å². The zero-order valence-electron chi connectivity index (χ0n) is 19.6. The lowest BCUT2D eigenvalue weighted by Gasteiger charge is -2.32. The molecule has 2 atom stereocenters. The third-order valence-electron chi connectivity index (χ3n) is 5.84. The van der Waals surface area contributed by atoms with Gasteiger partial charge in [0.25, 0.3) is 5.91 Å². The van der Waals surface area contributed by atoms with Crippen LogP contribution in [0.25, 0.3) is 0 Å². The van der Waals surface area contributed by atoms with Crippen LogP contribution in [0.2, 0.25) is 0 Å². The van der Waals surface area contributed by atoms with E-state index in [0.717, 1.165) is 18.4 Å². The van der Waals surface area contributed by atoms with Gasteiger partial charge in [-0.05, 0) is 54.5 Å². The Morgan fingerprint density at radius 3 is 2.57 bits per heavy atom. The van der Waals surface area contributed by atoms with E-state index in [4.69, 9.17) is 4.74 Å². The third-order valence-corrected chi connectivity index (χ3v) is 6.71. The number of hydrogen-bond acceptors (Lipinski definition) is 5. The number of anilines is 1. The number of ether oxygens (including phenoxy) is 1. The number of amides is 3. The Morgan fingerprint density at radius 1 is 1.06 bits per heavy atom. The van der Waals surface area contributed by atoms with E-state index in [0.29, 0.717) is 29.3 Å². The van der Waals surface area contributed by atoms with Gasteiger partial charge in [-0.2, -0.15) is 0 Å². The highest BCUT2D eigenvalue weighted by Crippen LogP contribution is 2.29. The summed E-state index contributed by atoms with van der Waals surface area (Å²) in [6.07, 6.45) is 1.84. The number of nitrogens with one attached hydrogen (secondary N) is 2. The predicted molar refractivity (Wildman–Crippen MR) is 136 cm³/mol. The van der Waals surface area contributed by atoms with Gasteiger partial charge in [0.15, 0.2) is 0 Å². The maximum atomic E-state index is 13.6. The molecular weight excluding hydrogens is 462 g/mol. The second kappa shape index (κ2) is 11.8. The lowest BCUT2D eigenvalue weighted by atomic mass is 10.0. The first kappa shape index (κ1) is 24.6. The molecule has 3 aromatic rings. The fraction of sp³-hybridized carbons (Fsp3) is 0.296. The van der Waals surface area contributed by atoms with Crippen molar-refractivity contribution >= 4 is 34.7 Å². The van der Waals surface area contributed by atoms with Gasteiger partial charge >= 0.3 is 0 Å². The third kappa shape index (κ3) is 6.35. The molecule has 1 fully saturated rings. The second-order valence-electron chi connectivity index (χ2n) is 8.46. The maximum absolute atomic E-state index is 13.6. The average molecular weight is 492 g/mol. The van der Waals surface area contributed by atoms with Gasteiger partial charge in [0, 0.05) is 18.8 Å². The Balaban J connectivity index is 1.63. The number of carbonyl (C=O) groups is 3. The number of hydrogen-bond donors (Lipinski definition) is 2. The van der Waals surface area contributed by atoms with E-state index in [1.807, 2.05) is 55.5 Å². The lowest BCUT2D eigenvalue weighted by molar-refractivity contribution is -0.126. The van der Waals surface area contributed by atoms with E-state index in [-0.39, 0.29) is 30.4 Å². The molecule has 35 heavy (non-hydrogen) atoms. The topological polar surface area (TPSA) is 87.7 Å². The molecule has 1 aromatic heterocycles. The summed E-state index contributed by atoms with van der Waals surface area (Å²) in [5.41, 5.74) is 2.22. The van der Waals surface area contributed by atoms with E-state index in [9.17, 15) is 14.4 Å². The molecule has 182 valence electrons. The normalized spacial score (nSPS) is 15.9. The van der Waals surface area contributed by atoms with Crippen molar-refractivity contribution in [2.24, 2.45) is 0 Å². The first-order chi connectivity index (χ1) is 17.0. The average Bonchev–Trinajstić information content (AvgIpc) is 3.59. The van der Waals surface area contributed by atoms with Gasteiger partial charge in [-0.1, -0.05) is 48.5 Å². The molecule has 1 aliphatic rings. The van der Waals surface area contributed by atoms with Crippen LogP contribution in [0.5, 0.6) is 0 Å². The standard InChI is InChI=1S/C27H29N3O4S/c1-19-8-5-11-21(16-19)30(24(31)18-29-26(32)23-13-7-15-35-23)25(20-9-3-2-4-10-20)27(33)28-17-22-12-6-14-34-22/h2-5,7-11,13,15-16,22,25H,6,12,14,17-18H2,1H3,(H,28,33)(H,29,32)/t22-,25-/m0/s1. The van der Waals surface area contributed by atoms with Crippen LogP contribution in [0.4, 0.5) is 5.69 Å². The van der Waals surface area contributed by atoms with Crippen LogP contribution in [0.3, 0.4) is 0 Å². The summed E-state index contributed by atoms with van der Waals surface area (Å²) >= 11 is 1.30. The lowest BCUT2D eigenvalue weighted by Crippen LogP contribution is -2.48. The zero-order valence-corrected chi connectivity index (χ0v) is 20.4. The number of benzene rings is 2. The molecule has 0 aliphatic carbocycles. The van der Waals surface area contributed by atoms with Crippen molar-refractivity contribution in [2.45, 2.75) is 31.9 Å². The highest BCUT2D eigenvalue weighted by atomic mass is 32.1. The summed E-state index contributed by atoms with van der Waals surface area (Å²) in [4.78, 5) is 41.7. The zero-order chi connectivity index (χ0) is 24.6. The molecule has 1 aliphatic heterocycles. The molecule has 0 saturated carbocycles. The molecule has 0 radical (unpaired) electrons. The predicted octanol–water partition coefficient (Wildman–Crippen LogP) is 3.86. The molecule has 7 nitrogen and oxygen atoms in total. The summed E-state index contributed by atoms with van der Waals surface area (Å²) < 4.78 is 5.66. The Morgan fingerprint density at radius 2 is 1.89 bits per heavy atom. The van der Waals surface area contributed by atoms with Gasteiger partial charge in [0.05, 0.1) is 17.5 Å². The van der Waals surface area contributed by atoms with Crippen LogP contribution in [0.1, 0.15) is 39.7 Å². The van der Waals surface area contributed by atoms with E-state index in [2.05, 4.69) is 10.6 Å². The van der Waals surface area contributed by atoms with Gasteiger partial charge in [0.2, 0.25) is 11.8 Å². The van der Waals surface area contributed by atoms with Crippen molar-refractivity contribution in [1.82, 2.24) is 10.6 Å². The molecule has 2 aromatic carbocycles. The Labute approximate surface area is 209 Å². The maximum Gasteiger partial charge on any atom is 0.261 e. The highest BCUT2D eigenvalue weighted by Gasteiger charge is 2.33. The Bertz CT molecular complexity index is 1140. The minimum atomic E-state index is -0.912. The minimum absolute atomic E-state index is 0.0245. The highest BCUT2D eigenvalue weighted by molar-refractivity contribution is 7.12. The quantitative estimate of drug-likeness (QED) is 0.476. The van der Waals surface area contributed by atoms with Crippen molar-refractivity contribution < 1.29 is 19.1 Å². The number of thiophene rings is 1. The molecule has 3 amide bonds. The van der Waals surface area contributed by atoms with Crippen LogP contribution >= 0.6 is 11.3 Å². The van der Waals surface area contributed by atoms with Gasteiger partial charge in [0.1, 0.15) is 6.04 Å². The van der Waals surface area contributed by atoms with Crippen molar-refractivity contribution in [3.63, 3.8) is 0 Å². The summed E-state index contributed by atoms with van der Waals surface area (Å²) in [6.45, 7) is 2.76. The summed E-state index contributed by atoms with van der Waals surface area (Å²) in [5.74, 6) is -1.01. The van der Waals surface area contributed by atoms with Gasteiger partial charge in [-0.15, -0.1) is 11.3 Å². The van der Waals surface area contributed by atoms with Crippen molar-refractivity contribution in [2.75, 3.05) is 24.6 Å². The molecule has 2 heterocycles. The monoisotopic (exact) mass is 491 g/mol. The van der Waals surface area contributed by atoms with Crippen LogP contribution in [0.15, 0.2) is 72.1 Å². The molecule has 2 N–H and O–H groups in total. The van der Waals surface area contributed by atoms with Gasteiger partial charge in [-0.25, -0.2) is 0 Å². The Hall–Kier alpha value is -3.49. The number of aryl methyl sites for hydroxylation is 1. The molecule has 1 saturated heterocycles. The van der Waals surface area contributed by atoms with Crippen LogP contribution in [-0.2, 0) is 14.3 Å². The summed E-state index contributed by atoms with van der Waals surface area (Å²) in [7, 11) is 0. The summed E-state index contributed by atoms with van der Waals surface area (Å²) in [5, 5.41) is 7.49.